The van der Waals surface area contributed by atoms with Crippen molar-refractivity contribution < 1.29 is 29.0 Å². The zero-order valence-corrected chi connectivity index (χ0v) is 15.5. The summed E-state index contributed by atoms with van der Waals surface area (Å²) >= 11 is 1.38. The van der Waals surface area contributed by atoms with Crippen LogP contribution in [0.4, 0.5) is 0 Å². The molecule has 27 heavy (non-hydrogen) atoms. The minimum Gasteiger partial charge on any atom is -0.477 e. The van der Waals surface area contributed by atoms with E-state index in [9.17, 15) is 24.3 Å². The smallest absolute Gasteiger partial charge is 0.352 e. The average Bonchev–Trinajstić information content (AvgIpc) is 2.64. The van der Waals surface area contributed by atoms with Crippen LogP contribution in [-0.4, -0.2) is 50.9 Å². The molecular formula is C18H18N2O6S. The van der Waals surface area contributed by atoms with E-state index in [2.05, 4.69) is 5.32 Å². The van der Waals surface area contributed by atoms with Crippen LogP contribution in [0, 0.1) is 0 Å². The van der Waals surface area contributed by atoms with Crippen LogP contribution in [0.15, 0.2) is 41.6 Å². The minimum atomic E-state index is -1.18. The molecule has 0 aromatic heterocycles. The number of ether oxygens (including phenoxy) is 1. The first kappa shape index (κ1) is 19.0. The Bertz CT molecular complexity index is 838. The van der Waals surface area contributed by atoms with Crippen LogP contribution in [-0.2, 0) is 23.9 Å². The van der Waals surface area contributed by atoms with Crippen molar-refractivity contribution in [3.8, 4) is 0 Å². The number of nitrogens with one attached hydrogen (secondary N) is 1. The molecule has 2 aliphatic heterocycles. The third kappa shape index (κ3) is 3.55. The molecule has 1 aromatic carbocycles. The fraction of sp³-hybridized carbons (Fsp3) is 0.333. The number of amides is 2. The molecule has 2 amide bonds. The highest BCUT2D eigenvalue weighted by Crippen LogP contribution is 2.40. The lowest BCUT2D eigenvalue weighted by atomic mass is 10.0. The van der Waals surface area contributed by atoms with E-state index in [-0.39, 0.29) is 5.70 Å². The van der Waals surface area contributed by atoms with Crippen LogP contribution in [0.2, 0.25) is 0 Å². The van der Waals surface area contributed by atoms with Crippen molar-refractivity contribution in [2.45, 2.75) is 31.4 Å². The summed E-state index contributed by atoms with van der Waals surface area (Å²) in [6.45, 7) is 2.86. The summed E-state index contributed by atoms with van der Waals surface area (Å²) in [5.41, 5.74) is 1.05. The van der Waals surface area contributed by atoms with Crippen LogP contribution < -0.4 is 5.32 Å². The lowest BCUT2D eigenvalue weighted by Crippen LogP contribution is -2.70. The first-order valence-corrected chi connectivity index (χ1v) is 9.26. The van der Waals surface area contributed by atoms with E-state index >= 15 is 0 Å². The van der Waals surface area contributed by atoms with Crippen LogP contribution in [0.25, 0.3) is 0 Å². The molecule has 3 rings (SSSR count). The van der Waals surface area contributed by atoms with Gasteiger partial charge in [-0.05, 0) is 12.5 Å². The average molecular weight is 390 g/mol. The third-order valence-corrected chi connectivity index (χ3v) is 5.71. The van der Waals surface area contributed by atoms with Crippen molar-refractivity contribution in [2.24, 2.45) is 0 Å². The molecule has 8 nitrogen and oxygen atoms in total. The number of carboxylic acids is 1. The summed E-state index contributed by atoms with van der Waals surface area (Å²) in [7, 11) is 0. The Morgan fingerprint density at radius 1 is 1.30 bits per heavy atom. The highest BCUT2D eigenvalue weighted by atomic mass is 32.2. The van der Waals surface area contributed by atoms with Gasteiger partial charge < -0.3 is 15.2 Å². The van der Waals surface area contributed by atoms with Gasteiger partial charge in [-0.1, -0.05) is 30.3 Å². The summed E-state index contributed by atoms with van der Waals surface area (Å²) in [6, 6.07) is 7.60. The molecule has 1 aromatic rings. The molecule has 2 N–H and O–H groups in total. The highest BCUT2D eigenvalue weighted by Gasteiger charge is 2.54. The van der Waals surface area contributed by atoms with Gasteiger partial charge >= 0.3 is 11.9 Å². The van der Waals surface area contributed by atoms with Gasteiger partial charge in [0.25, 0.3) is 11.8 Å². The fourth-order valence-corrected chi connectivity index (χ4v) is 4.36. The number of hydrogen-bond acceptors (Lipinski definition) is 6. The summed E-state index contributed by atoms with van der Waals surface area (Å²) < 4.78 is 5.13. The summed E-state index contributed by atoms with van der Waals surface area (Å²) in [6.07, 6.45) is -1.18. The monoisotopic (exact) mass is 390 g/mol. The number of rotatable bonds is 5. The van der Waals surface area contributed by atoms with Gasteiger partial charge in [0.2, 0.25) is 6.10 Å². The number of aliphatic carboxylic acids is 1. The lowest BCUT2D eigenvalue weighted by molar-refractivity contribution is -0.157. The number of fused-ring (bicyclic) bond motifs is 1. The Morgan fingerprint density at radius 2 is 1.96 bits per heavy atom. The van der Waals surface area contributed by atoms with Gasteiger partial charge in [-0.3, -0.25) is 19.3 Å². The maximum Gasteiger partial charge on any atom is 0.352 e. The molecule has 0 saturated carbocycles. The number of carbonyl (C=O) groups is 4. The van der Waals surface area contributed by atoms with Gasteiger partial charge in [0.15, 0.2) is 0 Å². The predicted molar refractivity (Wildman–Crippen MR) is 96.3 cm³/mol. The Morgan fingerprint density at radius 3 is 2.56 bits per heavy atom. The SMILES string of the molecule is CC(=O)O[C@@H](C(=O)NC1C(=O)N2C(C(=O)O)=C(C)CS[C@H]12)c1ccccc1. The van der Waals surface area contributed by atoms with E-state index in [0.29, 0.717) is 16.9 Å². The second-order valence-electron chi connectivity index (χ2n) is 6.23. The fourth-order valence-electron chi connectivity index (χ4n) is 3.07. The standard InChI is InChI=1S/C18H18N2O6S/c1-9-8-27-17-12(16(23)20(17)13(9)18(24)25)19-15(22)14(26-10(2)21)11-6-4-3-5-7-11/h3-7,12,14,17H,8H2,1-2H3,(H,19,22)(H,24,25)/t12?,14-,17-/m1/s1. The number of thioether (sulfide) groups is 1. The predicted octanol–water partition coefficient (Wildman–Crippen LogP) is 1.05. The number of benzene rings is 1. The lowest BCUT2D eigenvalue weighted by Gasteiger charge is -2.49. The summed E-state index contributed by atoms with van der Waals surface area (Å²) in [5, 5.41) is 11.5. The number of esters is 1. The molecule has 0 bridgehead atoms. The zero-order valence-electron chi connectivity index (χ0n) is 14.7. The molecule has 1 saturated heterocycles. The van der Waals surface area contributed by atoms with Gasteiger partial charge in [-0.25, -0.2) is 4.79 Å². The van der Waals surface area contributed by atoms with Gasteiger partial charge in [-0.2, -0.15) is 0 Å². The van der Waals surface area contributed by atoms with E-state index in [0.717, 1.165) is 0 Å². The van der Waals surface area contributed by atoms with E-state index in [1.54, 1.807) is 37.3 Å². The van der Waals surface area contributed by atoms with Gasteiger partial charge in [0.1, 0.15) is 17.1 Å². The number of β-lactam (4-membered cyclic amide) rings is 1. The second kappa shape index (κ2) is 7.43. The number of hydrogen-bond donors (Lipinski definition) is 2. The Kier molecular flexibility index (Phi) is 5.22. The van der Waals surface area contributed by atoms with E-state index < -0.39 is 41.3 Å². The molecule has 0 aliphatic carbocycles. The second-order valence-corrected chi connectivity index (χ2v) is 7.34. The quantitative estimate of drug-likeness (QED) is 0.571. The number of nitrogens with zero attached hydrogens (tertiary/aromatic N) is 1. The molecule has 2 aliphatic rings. The van der Waals surface area contributed by atoms with Crippen LogP contribution in [0.5, 0.6) is 0 Å². The topological polar surface area (TPSA) is 113 Å². The third-order valence-electron chi connectivity index (χ3n) is 4.28. The Labute approximate surface area is 159 Å². The first-order valence-electron chi connectivity index (χ1n) is 8.21. The van der Waals surface area contributed by atoms with Crippen LogP contribution >= 0.6 is 11.8 Å². The summed E-state index contributed by atoms with van der Waals surface area (Å²) in [5.74, 6) is -2.46. The van der Waals surface area contributed by atoms with Gasteiger partial charge in [-0.15, -0.1) is 11.8 Å². The molecule has 0 radical (unpaired) electrons. The summed E-state index contributed by atoms with van der Waals surface area (Å²) in [4.78, 5) is 49.2. The van der Waals surface area contributed by atoms with Crippen molar-refractivity contribution >= 4 is 35.5 Å². The number of carboxylic acid groups (broad SMARTS) is 1. The Balaban J connectivity index is 1.77. The van der Waals surface area contributed by atoms with E-state index in [1.807, 2.05) is 0 Å². The molecule has 1 unspecified atom stereocenters. The van der Waals surface area contributed by atoms with Crippen LogP contribution in [0.3, 0.4) is 0 Å². The Hall–Kier alpha value is -2.81. The number of carbonyl (C=O) groups excluding carboxylic acids is 3. The zero-order chi connectivity index (χ0) is 19.7. The molecule has 2 heterocycles. The molecule has 3 atom stereocenters. The van der Waals surface area contributed by atoms with Crippen molar-refractivity contribution in [1.82, 2.24) is 10.2 Å². The van der Waals surface area contributed by atoms with Crippen molar-refractivity contribution in [1.29, 1.82) is 0 Å². The van der Waals surface area contributed by atoms with Crippen molar-refractivity contribution in [3.05, 3.63) is 47.2 Å². The molecular weight excluding hydrogens is 372 g/mol. The molecule has 0 spiro atoms. The van der Waals surface area contributed by atoms with Crippen molar-refractivity contribution in [2.75, 3.05) is 5.75 Å². The molecule has 142 valence electrons. The maximum atomic E-state index is 12.7. The van der Waals surface area contributed by atoms with E-state index in [4.69, 9.17) is 4.74 Å². The maximum absolute atomic E-state index is 12.7. The normalized spacial score (nSPS) is 22.4. The molecule has 1 fully saturated rings. The molecule has 9 heteroatoms. The van der Waals surface area contributed by atoms with Gasteiger partial charge in [0, 0.05) is 18.2 Å². The van der Waals surface area contributed by atoms with Crippen molar-refractivity contribution in [3.63, 3.8) is 0 Å². The first-order chi connectivity index (χ1) is 12.8. The van der Waals surface area contributed by atoms with Crippen LogP contribution in [0.1, 0.15) is 25.5 Å². The minimum absolute atomic E-state index is 0.0335. The van der Waals surface area contributed by atoms with E-state index in [1.165, 1.54) is 23.6 Å². The highest BCUT2D eigenvalue weighted by molar-refractivity contribution is 8.00. The van der Waals surface area contributed by atoms with Gasteiger partial charge in [0.05, 0.1) is 0 Å². The largest absolute Gasteiger partial charge is 0.477 e.